The summed E-state index contributed by atoms with van der Waals surface area (Å²) in [4.78, 5) is 14.2. The van der Waals surface area contributed by atoms with Gasteiger partial charge >= 0.3 is 6.43 Å². The maximum Gasteiger partial charge on any atom is 0.300 e. The number of nitrogens with two attached hydrogens (primary N) is 1. The van der Waals surface area contributed by atoms with Crippen LogP contribution in [0.15, 0.2) is 18.5 Å². The Balaban J connectivity index is 3.03. The zero-order valence-electron chi connectivity index (χ0n) is 6.00. The molecule has 0 atom stereocenters. The number of nitrogens with zero attached hydrogens (tertiary/aromatic N) is 1. The Morgan fingerprint density at radius 1 is 1.58 bits per heavy atom. The van der Waals surface area contributed by atoms with Gasteiger partial charge in [0.1, 0.15) is 0 Å². The summed E-state index contributed by atoms with van der Waals surface area (Å²) in [5, 5.41) is 0. The van der Waals surface area contributed by atoms with E-state index in [1.807, 2.05) is 0 Å². The lowest BCUT2D eigenvalue weighted by molar-refractivity contribution is 0.0679. The van der Waals surface area contributed by atoms with E-state index < -0.39 is 12.2 Å². The van der Waals surface area contributed by atoms with Crippen molar-refractivity contribution in [2.75, 3.05) is 5.73 Å². The van der Waals surface area contributed by atoms with Gasteiger partial charge in [0.15, 0.2) is 0 Å². The molecule has 3 nitrogen and oxygen atoms in total. The topological polar surface area (TPSA) is 56.0 Å². The van der Waals surface area contributed by atoms with Gasteiger partial charge in [-0.15, -0.1) is 0 Å². The van der Waals surface area contributed by atoms with Gasteiger partial charge in [-0.05, 0) is 6.07 Å². The van der Waals surface area contributed by atoms with Gasteiger partial charge in [0, 0.05) is 18.1 Å². The van der Waals surface area contributed by atoms with Gasteiger partial charge in [-0.3, -0.25) is 9.78 Å². The van der Waals surface area contributed by atoms with Crippen LogP contribution in [0.1, 0.15) is 10.4 Å². The third kappa shape index (κ3) is 1.55. The van der Waals surface area contributed by atoms with E-state index in [2.05, 4.69) is 4.98 Å². The van der Waals surface area contributed by atoms with Crippen molar-refractivity contribution in [2.24, 2.45) is 0 Å². The molecule has 0 spiro atoms. The Hall–Kier alpha value is -1.52. The Morgan fingerprint density at radius 3 is 2.75 bits per heavy atom. The standard InChI is InChI=1S/C7H6F2N2O/c8-7(9)6(12)4-3-11-2-1-5(4)10/h1-3,7H,(H2,10,11). The molecule has 0 saturated carbocycles. The minimum atomic E-state index is -3.03. The van der Waals surface area contributed by atoms with Gasteiger partial charge in [-0.25, -0.2) is 8.78 Å². The Kier molecular flexibility index (Phi) is 2.32. The molecule has 0 unspecified atom stereocenters. The fourth-order valence-corrected chi connectivity index (χ4v) is 0.729. The highest BCUT2D eigenvalue weighted by molar-refractivity contribution is 6.02. The van der Waals surface area contributed by atoms with Crippen LogP contribution in [0.2, 0.25) is 0 Å². The summed E-state index contributed by atoms with van der Waals surface area (Å²) in [5.74, 6) is -1.29. The Morgan fingerprint density at radius 2 is 2.25 bits per heavy atom. The molecule has 0 aromatic carbocycles. The summed E-state index contributed by atoms with van der Waals surface area (Å²) in [6.07, 6.45) is -0.669. The lowest BCUT2D eigenvalue weighted by atomic mass is 10.1. The van der Waals surface area contributed by atoms with E-state index in [1.165, 1.54) is 12.3 Å². The number of alkyl halides is 2. The molecule has 0 aliphatic carbocycles. The second-order valence-electron chi connectivity index (χ2n) is 2.13. The second kappa shape index (κ2) is 3.25. The van der Waals surface area contributed by atoms with E-state index >= 15 is 0 Å². The van der Waals surface area contributed by atoms with E-state index in [0.717, 1.165) is 6.20 Å². The maximum atomic E-state index is 11.9. The molecule has 1 rings (SSSR count). The molecule has 0 radical (unpaired) electrons. The molecule has 64 valence electrons. The molecule has 5 heteroatoms. The lowest BCUT2D eigenvalue weighted by Gasteiger charge is -2.01. The maximum absolute atomic E-state index is 11.9. The number of hydrogen-bond donors (Lipinski definition) is 1. The molecular formula is C7H6F2N2O. The SMILES string of the molecule is Nc1ccncc1C(=O)C(F)F. The van der Waals surface area contributed by atoms with Crippen LogP contribution in [0.3, 0.4) is 0 Å². The summed E-state index contributed by atoms with van der Waals surface area (Å²) in [6.45, 7) is 0. The van der Waals surface area contributed by atoms with E-state index in [4.69, 9.17) is 5.73 Å². The van der Waals surface area contributed by atoms with Crippen molar-refractivity contribution in [2.45, 2.75) is 6.43 Å². The molecule has 1 aromatic heterocycles. The first-order chi connectivity index (χ1) is 5.63. The van der Waals surface area contributed by atoms with Gasteiger partial charge in [0.2, 0.25) is 5.78 Å². The third-order valence-electron chi connectivity index (χ3n) is 1.32. The van der Waals surface area contributed by atoms with Crippen LogP contribution in [-0.2, 0) is 0 Å². The molecule has 0 fully saturated rings. The Bertz CT molecular complexity index is 301. The van der Waals surface area contributed by atoms with E-state index in [1.54, 1.807) is 0 Å². The first-order valence-electron chi connectivity index (χ1n) is 3.14. The minimum Gasteiger partial charge on any atom is -0.398 e. The highest BCUT2D eigenvalue weighted by atomic mass is 19.3. The normalized spacial score (nSPS) is 10.2. The number of anilines is 1. The monoisotopic (exact) mass is 172 g/mol. The number of carbonyl (C=O) groups excluding carboxylic acids is 1. The van der Waals surface area contributed by atoms with Gasteiger partial charge in [-0.1, -0.05) is 0 Å². The molecule has 0 saturated heterocycles. The van der Waals surface area contributed by atoms with Crippen LogP contribution in [0.4, 0.5) is 14.5 Å². The second-order valence-corrected chi connectivity index (χ2v) is 2.13. The largest absolute Gasteiger partial charge is 0.398 e. The van der Waals surface area contributed by atoms with Crippen LogP contribution in [0.25, 0.3) is 0 Å². The highest BCUT2D eigenvalue weighted by Crippen LogP contribution is 2.13. The highest BCUT2D eigenvalue weighted by Gasteiger charge is 2.19. The van der Waals surface area contributed by atoms with Crippen molar-refractivity contribution in [3.8, 4) is 0 Å². The number of carbonyl (C=O) groups is 1. The van der Waals surface area contributed by atoms with Crippen molar-refractivity contribution in [3.05, 3.63) is 24.0 Å². The predicted octanol–water partition coefficient (Wildman–Crippen LogP) is 1.11. The van der Waals surface area contributed by atoms with Gasteiger partial charge in [0.25, 0.3) is 0 Å². The summed E-state index contributed by atoms with van der Waals surface area (Å²) in [7, 11) is 0. The first-order valence-corrected chi connectivity index (χ1v) is 3.14. The molecule has 1 heterocycles. The zero-order chi connectivity index (χ0) is 9.14. The summed E-state index contributed by atoms with van der Waals surface area (Å²) in [6, 6.07) is 1.30. The third-order valence-corrected chi connectivity index (χ3v) is 1.32. The molecule has 1 aromatic rings. The van der Waals surface area contributed by atoms with Crippen molar-refractivity contribution in [3.63, 3.8) is 0 Å². The zero-order valence-corrected chi connectivity index (χ0v) is 6.00. The van der Waals surface area contributed by atoms with Gasteiger partial charge in [0.05, 0.1) is 5.56 Å². The number of aromatic nitrogens is 1. The smallest absolute Gasteiger partial charge is 0.300 e. The number of ketones is 1. The van der Waals surface area contributed by atoms with Crippen molar-refractivity contribution in [1.82, 2.24) is 4.98 Å². The average molecular weight is 172 g/mol. The number of Topliss-reactive ketones (excluding diaryl/α,β-unsaturated/α-hetero) is 1. The number of halogens is 2. The molecule has 2 N–H and O–H groups in total. The molecule has 0 aliphatic rings. The number of hydrogen-bond acceptors (Lipinski definition) is 3. The number of rotatable bonds is 2. The van der Waals surface area contributed by atoms with E-state index in [-0.39, 0.29) is 11.3 Å². The van der Waals surface area contributed by atoms with Crippen molar-refractivity contribution < 1.29 is 13.6 Å². The minimum absolute atomic E-state index is 0.0234. The van der Waals surface area contributed by atoms with E-state index in [9.17, 15) is 13.6 Å². The summed E-state index contributed by atoms with van der Waals surface area (Å²) in [5.41, 5.74) is 5.06. The van der Waals surface area contributed by atoms with Crippen molar-refractivity contribution >= 4 is 11.5 Å². The lowest BCUT2D eigenvalue weighted by Crippen LogP contribution is -2.12. The number of pyridine rings is 1. The fraction of sp³-hybridized carbons (Fsp3) is 0.143. The van der Waals surface area contributed by atoms with Gasteiger partial charge < -0.3 is 5.73 Å². The van der Waals surface area contributed by atoms with Crippen LogP contribution < -0.4 is 5.73 Å². The van der Waals surface area contributed by atoms with Gasteiger partial charge in [-0.2, -0.15) is 0 Å². The quantitative estimate of drug-likeness (QED) is 0.680. The Labute approximate surface area is 67.2 Å². The molecule has 0 aliphatic heterocycles. The summed E-state index contributed by atoms with van der Waals surface area (Å²) >= 11 is 0. The summed E-state index contributed by atoms with van der Waals surface area (Å²) < 4.78 is 23.7. The van der Waals surface area contributed by atoms with Crippen LogP contribution in [-0.4, -0.2) is 17.2 Å². The average Bonchev–Trinajstić information content (AvgIpc) is 2.04. The first kappa shape index (κ1) is 8.58. The fourth-order valence-electron chi connectivity index (χ4n) is 0.729. The number of nitrogen functional groups attached to an aromatic ring is 1. The van der Waals surface area contributed by atoms with E-state index in [0.29, 0.717) is 0 Å². The predicted molar refractivity (Wildman–Crippen MR) is 39.0 cm³/mol. The van der Waals surface area contributed by atoms with Crippen LogP contribution in [0, 0.1) is 0 Å². The molecule has 0 bridgehead atoms. The molecular weight excluding hydrogens is 166 g/mol. The van der Waals surface area contributed by atoms with Crippen molar-refractivity contribution in [1.29, 1.82) is 0 Å². The van der Waals surface area contributed by atoms with Crippen LogP contribution in [0.5, 0.6) is 0 Å². The van der Waals surface area contributed by atoms with Crippen LogP contribution >= 0.6 is 0 Å². The molecule has 12 heavy (non-hydrogen) atoms. The molecule has 0 amide bonds.